The highest BCUT2D eigenvalue weighted by atomic mass is 19.4. The highest BCUT2D eigenvalue weighted by molar-refractivity contribution is 5.92. The Morgan fingerprint density at radius 2 is 1.93 bits per heavy atom. The maximum Gasteiger partial charge on any atom is 0.573 e. The first-order valence-corrected chi connectivity index (χ1v) is 8.66. The van der Waals surface area contributed by atoms with Gasteiger partial charge in [-0.05, 0) is 41.8 Å². The first-order chi connectivity index (χ1) is 13.4. The van der Waals surface area contributed by atoms with Crippen molar-refractivity contribution in [1.29, 1.82) is 0 Å². The first-order valence-electron chi connectivity index (χ1n) is 8.66. The van der Waals surface area contributed by atoms with Crippen LogP contribution in [0.3, 0.4) is 0 Å². The molecule has 1 saturated heterocycles. The molecule has 1 amide bonds. The highest BCUT2D eigenvalue weighted by Gasteiger charge is 2.31. The zero-order chi connectivity index (χ0) is 19.7. The number of fused-ring (bicyclic) bond motifs is 1. The quantitative estimate of drug-likeness (QED) is 0.685. The normalized spacial score (nSPS) is 17.0. The summed E-state index contributed by atoms with van der Waals surface area (Å²) in [5.41, 5.74) is 2.11. The van der Waals surface area contributed by atoms with Crippen LogP contribution in [0.15, 0.2) is 47.0 Å². The summed E-state index contributed by atoms with van der Waals surface area (Å²) in [6.07, 6.45) is -3.44. The van der Waals surface area contributed by atoms with E-state index in [1.165, 1.54) is 12.1 Å². The van der Waals surface area contributed by atoms with Crippen LogP contribution in [0, 0.1) is 0 Å². The Labute approximate surface area is 157 Å². The van der Waals surface area contributed by atoms with Crippen molar-refractivity contribution in [3.8, 4) is 16.9 Å². The summed E-state index contributed by atoms with van der Waals surface area (Å²) in [6, 6.07) is 11.1. The van der Waals surface area contributed by atoms with Gasteiger partial charge in [0.05, 0.1) is 5.39 Å². The minimum Gasteiger partial charge on any atom is -0.406 e. The number of alkyl halides is 3. The van der Waals surface area contributed by atoms with Gasteiger partial charge >= 0.3 is 6.36 Å². The molecule has 1 fully saturated rings. The van der Waals surface area contributed by atoms with Crippen molar-refractivity contribution in [2.24, 2.45) is 0 Å². The maximum atomic E-state index is 12.3. The van der Waals surface area contributed by atoms with Crippen molar-refractivity contribution in [3.05, 3.63) is 42.5 Å². The summed E-state index contributed by atoms with van der Waals surface area (Å²) in [6.45, 7) is 0.529. The van der Waals surface area contributed by atoms with E-state index in [0.29, 0.717) is 24.4 Å². The van der Waals surface area contributed by atoms with Gasteiger partial charge in [-0.25, -0.2) is 0 Å². The molecular weight excluding hydrogens is 375 g/mol. The van der Waals surface area contributed by atoms with Gasteiger partial charge in [-0.15, -0.1) is 13.2 Å². The number of hydrogen-bond donors (Lipinski definition) is 2. The minimum absolute atomic E-state index is 0.0389. The van der Waals surface area contributed by atoms with Gasteiger partial charge in [-0.2, -0.15) is 0 Å². The second kappa shape index (κ2) is 7.06. The van der Waals surface area contributed by atoms with Gasteiger partial charge in [0, 0.05) is 19.0 Å². The Balaban J connectivity index is 1.53. The number of carbonyl (C=O) groups excluding carboxylic acids is 1. The predicted molar refractivity (Wildman–Crippen MR) is 95.8 cm³/mol. The predicted octanol–water partition coefficient (Wildman–Crippen LogP) is 4.08. The van der Waals surface area contributed by atoms with Crippen LogP contribution < -0.4 is 15.4 Å². The topological polar surface area (TPSA) is 76.4 Å². The zero-order valence-electron chi connectivity index (χ0n) is 14.5. The molecule has 2 aromatic carbocycles. The standard InChI is InChI=1S/C19H16F3N3O3/c20-19(21,22)27-14-5-1-11(2-6-14)12-3-7-16-15(9-12)18(25-28-16)23-10-13-4-8-17(26)24-13/h1-3,5-7,9,13H,4,8,10H2,(H,23,25)(H,24,26). The summed E-state index contributed by atoms with van der Waals surface area (Å²) in [4.78, 5) is 11.3. The van der Waals surface area contributed by atoms with Gasteiger partial charge in [0.2, 0.25) is 5.91 Å². The van der Waals surface area contributed by atoms with E-state index in [4.69, 9.17) is 4.52 Å². The third-order valence-corrected chi connectivity index (χ3v) is 4.49. The summed E-state index contributed by atoms with van der Waals surface area (Å²) >= 11 is 0. The molecule has 1 aliphatic rings. The number of carbonyl (C=O) groups is 1. The van der Waals surface area contributed by atoms with Crippen LogP contribution in [0.2, 0.25) is 0 Å². The van der Waals surface area contributed by atoms with Crippen molar-refractivity contribution in [2.45, 2.75) is 25.2 Å². The fourth-order valence-electron chi connectivity index (χ4n) is 3.15. The molecular formula is C19H16F3N3O3. The molecule has 0 spiro atoms. The van der Waals surface area contributed by atoms with Gasteiger partial charge in [-0.3, -0.25) is 4.79 Å². The fraction of sp³-hybridized carbons (Fsp3) is 0.263. The summed E-state index contributed by atoms with van der Waals surface area (Å²) < 4.78 is 46.1. The number of benzene rings is 2. The van der Waals surface area contributed by atoms with Crippen molar-refractivity contribution < 1.29 is 27.2 Å². The Morgan fingerprint density at radius 3 is 2.61 bits per heavy atom. The summed E-state index contributed by atoms with van der Waals surface area (Å²) in [7, 11) is 0. The van der Waals surface area contributed by atoms with Crippen LogP contribution in [0.25, 0.3) is 22.1 Å². The molecule has 1 aromatic heterocycles. The molecule has 9 heteroatoms. The van der Waals surface area contributed by atoms with Crippen LogP contribution in [0.5, 0.6) is 5.75 Å². The van der Waals surface area contributed by atoms with Crippen molar-refractivity contribution in [3.63, 3.8) is 0 Å². The van der Waals surface area contributed by atoms with E-state index in [2.05, 4.69) is 20.5 Å². The van der Waals surface area contributed by atoms with Gasteiger partial charge in [0.1, 0.15) is 5.75 Å². The zero-order valence-corrected chi connectivity index (χ0v) is 14.5. The molecule has 0 saturated carbocycles. The number of nitrogens with one attached hydrogen (secondary N) is 2. The molecule has 6 nitrogen and oxygen atoms in total. The van der Waals surface area contributed by atoms with E-state index >= 15 is 0 Å². The van der Waals surface area contributed by atoms with E-state index in [9.17, 15) is 18.0 Å². The van der Waals surface area contributed by atoms with Crippen molar-refractivity contribution >= 4 is 22.7 Å². The Kier molecular flexibility index (Phi) is 4.58. The van der Waals surface area contributed by atoms with E-state index in [1.807, 2.05) is 6.07 Å². The second-order valence-corrected chi connectivity index (χ2v) is 6.50. The maximum absolute atomic E-state index is 12.3. The molecule has 1 unspecified atom stereocenters. The monoisotopic (exact) mass is 391 g/mol. The van der Waals surface area contributed by atoms with E-state index in [0.717, 1.165) is 22.9 Å². The molecule has 146 valence electrons. The molecule has 0 aliphatic carbocycles. The van der Waals surface area contributed by atoms with E-state index < -0.39 is 6.36 Å². The van der Waals surface area contributed by atoms with Crippen molar-refractivity contribution in [2.75, 3.05) is 11.9 Å². The smallest absolute Gasteiger partial charge is 0.406 e. The molecule has 1 aliphatic heterocycles. The number of nitrogens with zero attached hydrogens (tertiary/aromatic N) is 1. The Hall–Kier alpha value is -3.23. The van der Waals surface area contributed by atoms with Crippen LogP contribution >= 0.6 is 0 Å². The third kappa shape index (κ3) is 4.03. The lowest BCUT2D eigenvalue weighted by molar-refractivity contribution is -0.274. The fourth-order valence-corrected chi connectivity index (χ4v) is 3.15. The van der Waals surface area contributed by atoms with E-state index in [1.54, 1.807) is 24.3 Å². The average Bonchev–Trinajstić information content (AvgIpc) is 3.24. The first kappa shape index (κ1) is 18.1. The number of halogens is 3. The lowest BCUT2D eigenvalue weighted by atomic mass is 10.0. The second-order valence-electron chi connectivity index (χ2n) is 6.50. The number of rotatable bonds is 5. The highest BCUT2D eigenvalue weighted by Crippen LogP contribution is 2.31. The van der Waals surface area contributed by atoms with Gasteiger partial charge in [0.25, 0.3) is 0 Å². The average molecular weight is 391 g/mol. The SMILES string of the molecule is O=C1CCC(CNc2noc3ccc(-c4ccc(OC(F)(F)F)cc4)cc23)N1. The molecule has 28 heavy (non-hydrogen) atoms. The Morgan fingerprint density at radius 1 is 1.18 bits per heavy atom. The third-order valence-electron chi connectivity index (χ3n) is 4.49. The molecule has 4 rings (SSSR count). The van der Waals surface area contributed by atoms with Gasteiger partial charge in [-0.1, -0.05) is 23.4 Å². The molecule has 0 bridgehead atoms. The molecule has 0 radical (unpaired) electrons. The van der Waals surface area contributed by atoms with Crippen LogP contribution in [0.4, 0.5) is 19.0 Å². The van der Waals surface area contributed by atoms with Crippen LogP contribution in [-0.4, -0.2) is 30.0 Å². The Bertz CT molecular complexity index is 999. The number of aromatic nitrogens is 1. The lowest BCUT2D eigenvalue weighted by Crippen LogP contribution is -2.31. The molecule has 2 heterocycles. The van der Waals surface area contributed by atoms with Crippen LogP contribution in [-0.2, 0) is 4.79 Å². The number of hydrogen-bond acceptors (Lipinski definition) is 5. The molecule has 3 aromatic rings. The van der Waals surface area contributed by atoms with Gasteiger partial charge in [0.15, 0.2) is 11.4 Å². The largest absolute Gasteiger partial charge is 0.573 e. The number of ether oxygens (including phenoxy) is 1. The number of anilines is 1. The molecule has 1 atom stereocenters. The summed E-state index contributed by atoms with van der Waals surface area (Å²) in [5.74, 6) is 0.315. The number of amides is 1. The lowest BCUT2D eigenvalue weighted by Gasteiger charge is -2.10. The minimum atomic E-state index is -4.72. The summed E-state index contributed by atoms with van der Waals surface area (Å²) in [5, 5.41) is 10.8. The van der Waals surface area contributed by atoms with Gasteiger partial charge < -0.3 is 19.9 Å². The van der Waals surface area contributed by atoms with Crippen LogP contribution in [0.1, 0.15) is 12.8 Å². The molecule has 2 N–H and O–H groups in total. The van der Waals surface area contributed by atoms with Crippen molar-refractivity contribution in [1.82, 2.24) is 10.5 Å². The van der Waals surface area contributed by atoms with E-state index in [-0.39, 0.29) is 17.7 Å².